The summed E-state index contributed by atoms with van der Waals surface area (Å²) < 4.78 is 20.3. The van der Waals surface area contributed by atoms with Crippen molar-refractivity contribution in [2.24, 2.45) is 0 Å². The van der Waals surface area contributed by atoms with E-state index in [-0.39, 0.29) is 33.2 Å². The molecule has 1 aromatic heterocycles. The van der Waals surface area contributed by atoms with Crippen molar-refractivity contribution in [1.29, 1.82) is 0 Å². The first-order valence-electron chi connectivity index (χ1n) is 9.04. The second kappa shape index (κ2) is 7.63. The molecule has 2 aromatic rings. The Morgan fingerprint density at radius 3 is 2.61 bits per heavy atom. The van der Waals surface area contributed by atoms with Gasteiger partial charge in [-0.2, -0.15) is 0 Å². The number of anilines is 1. The van der Waals surface area contributed by atoms with Crippen LogP contribution in [0.2, 0.25) is 5.02 Å². The molecule has 3 rings (SSSR count). The van der Waals surface area contributed by atoms with E-state index >= 15 is 0 Å². The number of hydrogen-bond donors (Lipinski definition) is 0. The van der Waals surface area contributed by atoms with Crippen LogP contribution in [0.1, 0.15) is 34.6 Å². The summed E-state index contributed by atoms with van der Waals surface area (Å²) >= 11 is 9.32. The molecule has 1 aromatic carbocycles. The number of carbonyl (C=O) groups excluding carboxylic acids is 1. The monoisotopic (exact) mass is 472 g/mol. The zero-order chi connectivity index (χ0) is 20.8. The van der Waals surface area contributed by atoms with E-state index in [0.717, 1.165) is 0 Å². The van der Waals surface area contributed by atoms with Crippen molar-refractivity contribution in [3.8, 4) is 0 Å². The third kappa shape index (κ3) is 4.03. The van der Waals surface area contributed by atoms with E-state index < -0.39 is 11.4 Å². The molecule has 0 bridgehead atoms. The van der Waals surface area contributed by atoms with Crippen LogP contribution in [-0.2, 0) is 4.74 Å². The molecule has 28 heavy (non-hydrogen) atoms. The average Bonchev–Trinajstić information content (AvgIpc) is 2.59. The first-order chi connectivity index (χ1) is 13.0. The Morgan fingerprint density at radius 2 is 1.96 bits per heavy atom. The molecule has 1 aliphatic rings. The number of amides is 1. The molecule has 1 aliphatic heterocycles. The molecule has 0 N–H and O–H groups in total. The van der Waals surface area contributed by atoms with Gasteiger partial charge in [-0.05, 0) is 56.6 Å². The lowest BCUT2D eigenvalue weighted by Gasteiger charge is -2.44. The summed E-state index contributed by atoms with van der Waals surface area (Å²) in [5.74, 6) is 0.0840. The average molecular weight is 474 g/mol. The SMILES string of the molecule is C[C@H]1CN(c2ncnc3c(F)c(Br)c(Cl)cc23)[C@@H](C)CN1C(=O)OC(C)(C)C. The molecule has 152 valence electrons. The van der Waals surface area contributed by atoms with Gasteiger partial charge < -0.3 is 14.5 Å². The van der Waals surface area contributed by atoms with Crippen LogP contribution in [0.3, 0.4) is 0 Å². The molecule has 0 aliphatic carbocycles. The molecule has 0 saturated carbocycles. The van der Waals surface area contributed by atoms with Crippen LogP contribution in [0.25, 0.3) is 10.9 Å². The summed E-state index contributed by atoms with van der Waals surface area (Å²) in [5.41, 5.74) is -0.350. The molecule has 6 nitrogen and oxygen atoms in total. The molecule has 0 unspecified atom stereocenters. The Morgan fingerprint density at radius 1 is 1.29 bits per heavy atom. The number of rotatable bonds is 1. The maximum absolute atomic E-state index is 14.6. The fraction of sp³-hybridized carbons (Fsp3) is 0.526. The lowest BCUT2D eigenvalue weighted by Crippen LogP contribution is -2.59. The molecule has 1 amide bonds. The van der Waals surface area contributed by atoms with Gasteiger partial charge in [0.2, 0.25) is 0 Å². The van der Waals surface area contributed by atoms with Crippen LogP contribution in [0, 0.1) is 5.82 Å². The number of benzene rings is 1. The first-order valence-corrected chi connectivity index (χ1v) is 10.2. The molecule has 1 fully saturated rings. The Kier molecular flexibility index (Phi) is 5.74. The topological polar surface area (TPSA) is 58.6 Å². The number of ether oxygens (including phenoxy) is 1. The molecular formula is C19H23BrClFN4O2. The van der Waals surface area contributed by atoms with Gasteiger partial charge >= 0.3 is 6.09 Å². The van der Waals surface area contributed by atoms with Crippen LogP contribution in [0.4, 0.5) is 15.0 Å². The number of fused-ring (bicyclic) bond motifs is 1. The molecular weight excluding hydrogens is 451 g/mol. The maximum Gasteiger partial charge on any atom is 0.410 e. The summed E-state index contributed by atoms with van der Waals surface area (Å²) in [5, 5.41) is 0.798. The third-order valence-corrected chi connectivity index (χ3v) is 5.93. The second-order valence-electron chi connectivity index (χ2n) is 8.06. The fourth-order valence-electron chi connectivity index (χ4n) is 3.32. The lowest BCUT2D eigenvalue weighted by molar-refractivity contribution is 0.0130. The second-order valence-corrected chi connectivity index (χ2v) is 9.26. The predicted octanol–water partition coefficient (Wildman–Crippen LogP) is 5.02. The van der Waals surface area contributed by atoms with Crippen molar-refractivity contribution in [3.63, 3.8) is 0 Å². The smallest absolute Gasteiger partial charge is 0.410 e. The zero-order valence-electron chi connectivity index (χ0n) is 16.5. The molecule has 0 radical (unpaired) electrons. The van der Waals surface area contributed by atoms with E-state index in [0.29, 0.717) is 24.3 Å². The highest BCUT2D eigenvalue weighted by Crippen LogP contribution is 2.36. The molecule has 2 atom stereocenters. The maximum atomic E-state index is 14.6. The van der Waals surface area contributed by atoms with Crippen LogP contribution in [0.15, 0.2) is 16.9 Å². The van der Waals surface area contributed by atoms with Crippen molar-refractivity contribution in [3.05, 3.63) is 27.7 Å². The first kappa shape index (κ1) is 21.0. The van der Waals surface area contributed by atoms with Crippen molar-refractivity contribution in [2.75, 3.05) is 18.0 Å². The van der Waals surface area contributed by atoms with E-state index in [1.807, 2.05) is 34.6 Å². The van der Waals surface area contributed by atoms with Gasteiger partial charge in [0.15, 0.2) is 5.82 Å². The Bertz CT molecular complexity index is 921. The van der Waals surface area contributed by atoms with E-state index in [1.54, 1.807) is 11.0 Å². The fourth-order valence-corrected chi connectivity index (χ4v) is 3.81. The standard InChI is InChI=1S/C19H23BrClFN4O2/c1-10-8-26(18(27)28-19(3,4)5)11(2)7-25(10)17-12-6-13(21)14(20)15(22)16(12)23-9-24-17/h6,9-11H,7-8H2,1-5H3/t10-,11-/m0/s1. The summed E-state index contributed by atoms with van der Waals surface area (Å²) in [6.45, 7) is 10.5. The van der Waals surface area contributed by atoms with Crippen molar-refractivity contribution >= 4 is 50.3 Å². The summed E-state index contributed by atoms with van der Waals surface area (Å²) in [4.78, 5) is 24.8. The number of aromatic nitrogens is 2. The van der Waals surface area contributed by atoms with E-state index in [9.17, 15) is 9.18 Å². The number of nitrogens with zero attached hydrogens (tertiary/aromatic N) is 4. The summed E-state index contributed by atoms with van der Waals surface area (Å²) in [6, 6.07) is 1.51. The molecule has 9 heteroatoms. The highest BCUT2D eigenvalue weighted by atomic mass is 79.9. The van der Waals surface area contributed by atoms with Crippen molar-refractivity contribution < 1.29 is 13.9 Å². The summed E-state index contributed by atoms with van der Waals surface area (Å²) in [7, 11) is 0. The highest BCUT2D eigenvalue weighted by molar-refractivity contribution is 9.10. The largest absolute Gasteiger partial charge is 0.444 e. The normalized spacial score (nSPS) is 20.6. The van der Waals surface area contributed by atoms with Crippen molar-refractivity contribution in [2.45, 2.75) is 52.3 Å². The van der Waals surface area contributed by atoms with Gasteiger partial charge in [0.1, 0.15) is 23.3 Å². The zero-order valence-corrected chi connectivity index (χ0v) is 18.8. The van der Waals surface area contributed by atoms with Crippen LogP contribution >= 0.6 is 27.5 Å². The summed E-state index contributed by atoms with van der Waals surface area (Å²) in [6.07, 6.45) is 1.01. The van der Waals surface area contributed by atoms with Gasteiger partial charge in [-0.15, -0.1) is 0 Å². The van der Waals surface area contributed by atoms with E-state index in [4.69, 9.17) is 16.3 Å². The van der Waals surface area contributed by atoms with Gasteiger partial charge in [0, 0.05) is 30.6 Å². The Hall–Kier alpha value is -1.67. The van der Waals surface area contributed by atoms with Crippen LogP contribution in [-0.4, -0.2) is 51.7 Å². The molecule has 0 spiro atoms. The van der Waals surface area contributed by atoms with E-state index in [2.05, 4.69) is 30.8 Å². The van der Waals surface area contributed by atoms with Gasteiger partial charge in [-0.1, -0.05) is 11.6 Å². The van der Waals surface area contributed by atoms with Crippen molar-refractivity contribution in [1.82, 2.24) is 14.9 Å². The number of carbonyl (C=O) groups is 1. The molecule has 2 heterocycles. The quantitative estimate of drug-likeness (QED) is 0.544. The lowest BCUT2D eigenvalue weighted by atomic mass is 10.1. The molecule has 1 saturated heterocycles. The highest BCUT2D eigenvalue weighted by Gasteiger charge is 2.35. The number of piperazine rings is 1. The van der Waals surface area contributed by atoms with E-state index in [1.165, 1.54) is 6.33 Å². The minimum absolute atomic E-state index is 0.0488. The number of halogens is 3. The number of hydrogen-bond acceptors (Lipinski definition) is 5. The van der Waals surface area contributed by atoms with Gasteiger partial charge in [-0.25, -0.2) is 19.2 Å². The minimum Gasteiger partial charge on any atom is -0.444 e. The van der Waals surface area contributed by atoms with Gasteiger partial charge in [0.25, 0.3) is 0 Å². The van der Waals surface area contributed by atoms with Gasteiger partial charge in [-0.3, -0.25) is 0 Å². The predicted molar refractivity (Wildman–Crippen MR) is 111 cm³/mol. The Balaban J connectivity index is 1.93. The van der Waals surface area contributed by atoms with Crippen LogP contribution < -0.4 is 4.90 Å². The van der Waals surface area contributed by atoms with Gasteiger partial charge in [0.05, 0.1) is 9.50 Å². The van der Waals surface area contributed by atoms with Crippen LogP contribution in [0.5, 0.6) is 0 Å². The third-order valence-electron chi connectivity index (χ3n) is 4.63. The minimum atomic E-state index is -0.554. The Labute approximate surface area is 177 Å².